The van der Waals surface area contributed by atoms with Crippen LogP contribution in [0, 0.1) is 0 Å². The van der Waals surface area contributed by atoms with Gasteiger partial charge in [0.25, 0.3) is 0 Å². The molecule has 0 amide bonds. The average molecular weight is 322 g/mol. The number of rotatable bonds is 6. The molecule has 5 heteroatoms. The first-order chi connectivity index (χ1) is 11.8. The van der Waals surface area contributed by atoms with Gasteiger partial charge in [0.2, 0.25) is 11.8 Å². The second kappa shape index (κ2) is 7.46. The number of carbonyl (C=O) groups excluding carboxylic acids is 1. The molecule has 24 heavy (non-hydrogen) atoms. The maximum atomic E-state index is 11.6. The number of oxazole rings is 1. The average Bonchev–Trinajstić information content (AvgIpc) is 3.06. The summed E-state index contributed by atoms with van der Waals surface area (Å²) in [5, 5.41) is 2.98. The molecule has 1 heterocycles. The largest absolute Gasteiger partial charge is 0.465 e. The number of esters is 1. The highest BCUT2D eigenvalue weighted by atomic mass is 16.5. The molecule has 2 aromatic carbocycles. The molecule has 0 bridgehead atoms. The molecule has 0 aliphatic carbocycles. The standard InChI is InChI=1S/C19H18N2O3/c1-2-23-16(22)13-20-19-17(14-9-5-3-6-10-14)21-18(24-19)15-11-7-4-8-12-15/h3-12,20H,2,13H2,1H3. The third-order valence-electron chi connectivity index (χ3n) is 3.39. The number of ether oxygens (including phenoxy) is 1. The predicted molar refractivity (Wildman–Crippen MR) is 92.5 cm³/mol. The van der Waals surface area contributed by atoms with Crippen molar-refractivity contribution in [2.75, 3.05) is 18.5 Å². The highest BCUT2D eigenvalue weighted by molar-refractivity contribution is 5.78. The summed E-state index contributed by atoms with van der Waals surface area (Å²) in [4.78, 5) is 16.2. The lowest BCUT2D eigenvalue weighted by molar-refractivity contribution is -0.140. The summed E-state index contributed by atoms with van der Waals surface area (Å²) in [5.74, 6) is 0.614. The van der Waals surface area contributed by atoms with Crippen LogP contribution in [0.15, 0.2) is 65.1 Å². The molecule has 0 radical (unpaired) electrons. The van der Waals surface area contributed by atoms with Gasteiger partial charge in [-0.1, -0.05) is 48.5 Å². The summed E-state index contributed by atoms with van der Waals surface area (Å²) in [7, 11) is 0. The van der Waals surface area contributed by atoms with Gasteiger partial charge in [-0.15, -0.1) is 0 Å². The lowest BCUT2D eigenvalue weighted by Crippen LogP contribution is -2.16. The Morgan fingerprint density at radius 2 is 1.67 bits per heavy atom. The fraction of sp³-hybridized carbons (Fsp3) is 0.158. The van der Waals surface area contributed by atoms with E-state index >= 15 is 0 Å². The lowest BCUT2D eigenvalue weighted by Gasteiger charge is -2.04. The van der Waals surface area contributed by atoms with Gasteiger partial charge in [0.05, 0.1) is 6.61 Å². The predicted octanol–water partition coefficient (Wildman–Crippen LogP) is 3.98. The van der Waals surface area contributed by atoms with Crippen molar-refractivity contribution in [2.45, 2.75) is 6.92 Å². The molecule has 3 rings (SSSR count). The van der Waals surface area contributed by atoms with Crippen LogP contribution in [-0.2, 0) is 9.53 Å². The van der Waals surface area contributed by atoms with E-state index in [0.717, 1.165) is 11.1 Å². The minimum atomic E-state index is -0.339. The van der Waals surface area contributed by atoms with E-state index in [1.807, 2.05) is 60.7 Å². The molecule has 0 aliphatic heterocycles. The van der Waals surface area contributed by atoms with Crippen LogP contribution in [0.4, 0.5) is 5.88 Å². The summed E-state index contributed by atoms with van der Waals surface area (Å²) in [6.45, 7) is 2.14. The first-order valence-corrected chi connectivity index (χ1v) is 7.79. The number of hydrogen-bond donors (Lipinski definition) is 1. The van der Waals surface area contributed by atoms with Crippen molar-refractivity contribution in [3.05, 3.63) is 60.7 Å². The van der Waals surface area contributed by atoms with Gasteiger partial charge < -0.3 is 14.5 Å². The van der Waals surface area contributed by atoms with Crippen molar-refractivity contribution in [1.29, 1.82) is 0 Å². The summed E-state index contributed by atoms with van der Waals surface area (Å²) >= 11 is 0. The van der Waals surface area contributed by atoms with E-state index in [9.17, 15) is 4.79 Å². The lowest BCUT2D eigenvalue weighted by atomic mass is 10.1. The molecule has 0 aliphatic rings. The third kappa shape index (κ3) is 3.63. The Bertz CT molecular complexity index is 798. The van der Waals surface area contributed by atoms with Crippen molar-refractivity contribution in [1.82, 2.24) is 4.98 Å². The molecule has 0 saturated heterocycles. The molecule has 0 atom stereocenters. The van der Waals surface area contributed by atoms with Crippen molar-refractivity contribution >= 4 is 11.9 Å². The number of aromatic nitrogens is 1. The van der Waals surface area contributed by atoms with Crippen molar-refractivity contribution in [2.24, 2.45) is 0 Å². The Balaban J connectivity index is 1.93. The molecule has 5 nitrogen and oxygen atoms in total. The minimum absolute atomic E-state index is 0.0249. The van der Waals surface area contributed by atoms with E-state index in [4.69, 9.17) is 9.15 Å². The second-order valence-electron chi connectivity index (χ2n) is 5.09. The Morgan fingerprint density at radius 1 is 1.04 bits per heavy atom. The smallest absolute Gasteiger partial charge is 0.325 e. The van der Waals surface area contributed by atoms with Gasteiger partial charge >= 0.3 is 5.97 Å². The van der Waals surface area contributed by atoms with Crippen LogP contribution in [0.3, 0.4) is 0 Å². The summed E-state index contributed by atoms with van der Waals surface area (Å²) < 4.78 is 10.8. The molecule has 122 valence electrons. The van der Waals surface area contributed by atoms with E-state index in [0.29, 0.717) is 24.1 Å². The van der Waals surface area contributed by atoms with Crippen LogP contribution < -0.4 is 5.32 Å². The molecule has 0 spiro atoms. The second-order valence-corrected chi connectivity index (χ2v) is 5.09. The van der Waals surface area contributed by atoms with E-state index in [-0.39, 0.29) is 12.5 Å². The topological polar surface area (TPSA) is 64.4 Å². The fourth-order valence-electron chi connectivity index (χ4n) is 2.30. The third-order valence-corrected chi connectivity index (χ3v) is 3.39. The monoisotopic (exact) mass is 322 g/mol. The Labute approximate surface area is 140 Å². The minimum Gasteiger partial charge on any atom is -0.465 e. The van der Waals surface area contributed by atoms with Crippen LogP contribution in [0.2, 0.25) is 0 Å². The number of anilines is 1. The van der Waals surface area contributed by atoms with Gasteiger partial charge in [0, 0.05) is 11.1 Å². The van der Waals surface area contributed by atoms with Gasteiger partial charge in [0.1, 0.15) is 12.2 Å². The van der Waals surface area contributed by atoms with E-state index in [1.165, 1.54) is 0 Å². The zero-order valence-corrected chi connectivity index (χ0v) is 13.4. The maximum Gasteiger partial charge on any atom is 0.325 e. The summed E-state index contributed by atoms with van der Waals surface area (Å²) in [6, 6.07) is 19.3. The van der Waals surface area contributed by atoms with Crippen LogP contribution in [0.25, 0.3) is 22.7 Å². The van der Waals surface area contributed by atoms with Crippen molar-refractivity contribution in [3.63, 3.8) is 0 Å². The Morgan fingerprint density at radius 3 is 2.29 bits per heavy atom. The van der Waals surface area contributed by atoms with Gasteiger partial charge in [-0.25, -0.2) is 4.98 Å². The number of hydrogen-bond acceptors (Lipinski definition) is 5. The van der Waals surface area contributed by atoms with E-state index in [2.05, 4.69) is 10.3 Å². The van der Waals surface area contributed by atoms with Gasteiger partial charge in [-0.2, -0.15) is 0 Å². The molecule has 0 saturated carbocycles. The quantitative estimate of drug-likeness (QED) is 0.695. The SMILES string of the molecule is CCOC(=O)CNc1oc(-c2ccccc2)nc1-c1ccccc1. The van der Waals surface area contributed by atoms with Gasteiger partial charge in [-0.05, 0) is 19.1 Å². The number of nitrogens with zero attached hydrogens (tertiary/aromatic N) is 1. The van der Waals surface area contributed by atoms with Crippen LogP contribution in [0.1, 0.15) is 6.92 Å². The van der Waals surface area contributed by atoms with Crippen LogP contribution in [0.5, 0.6) is 0 Å². The van der Waals surface area contributed by atoms with Gasteiger partial charge in [0.15, 0.2) is 0 Å². The summed E-state index contributed by atoms with van der Waals surface area (Å²) in [6.07, 6.45) is 0. The van der Waals surface area contributed by atoms with E-state index in [1.54, 1.807) is 6.92 Å². The zero-order valence-electron chi connectivity index (χ0n) is 13.4. The molecule has 1 aromatic heterocycles. The van der Waals surface area contributed by atoms with Crippen molar-refractivity contribution < 1.29 is 13.9 Å². The highest BCUT2D eigenvalue weighted by Crippen LogP contribution is 2.32. The number of benzene rings is 2. The number of nitrogens with one attached hydrogen (secondary N) is 1. The zero-order chi connectivity index (χ0) is 16.8. The number of carbonyl (C=O) groups is 1. The Hall–Kier alpha value is -3.08. The molecular weight excluding hydrogens is 304 g/mol. The fourth-order valence-corrected chi connectivity index (χ4v) is 2.30. The molecule has 0 unspecified atom stereocenters. The maximum absolute atomic E-state index is 11.6. The van der Waals surface area contributed by atoms with Gasteiger partial charge in [-0.3, -0.25) is 4.79 Å². The highest BCUT2D eigenvalue weighted by Gasteiger charge is 2.17. The molecule has 0 fully saturated rings. The van der Waals surface area contributed by atoms with Crippen LogP contribution >= 0.6 is 0 Å². The molecular formula is C19H18N2O3. The molecule has 1 N–H and O–H groups in total. The first-order valence-electron chi connectivity index (χ1n) is 7.79. The Kier molecular flexibility index (Phi) is 4.91. The normalized spacial score (nSPS) is 10.4. The van der Waals surface area contributed by atoms with Crippen LogP contribution in [-0.4, -0.2) is 24.1 Å². The van der Waals surface area contributed by atoms with E-state index < -0.39 is 0 Å². The van der Waals surface area contributed by atoms with Crippen molar-refractivity contribution in [3.8, 4) is 22.7 Å². The molecule has 3 aromatic rings. The summed E-state index contributed by atoms with van der Waals surface area (Å²) in [5.41, 5.74) is 2.45. The first kappa shape index (κ1) is 15.8.